The Morgan fingerprint density at radius 3 is 2.42 bits per heavy atom. The van der Waals surface area contributed by atoms with E-state index in [1.54, 1.807) is 25.1 Å². The lowest BCUT2D eigenvalue weighted by Gasteiger charge is -2.33. The number of nitrogens with one attached hydrogen (secondary N) is 1. The summed E-state index contributed by atoms with van der Waals surface area (Å²) in [6.45, 7) is 3.86. The molecule has 0 spiro atoms. The van der Waals surface area contributed by atoms with E-state index < -0.39 is 28.5 Å². The maximum absolute atomic E-state index is 13.7. The second-order valence-corrected chi connectivity index (χ2v) is 11.1. The summed E-state index contributed by atoms with van der Waals surface area (Å²) in [5, 5.41) is 3.30. The fourth-order valence-corrected chi connectivity index (χ4v) is 5.09. The third kappa shape index (κ3) is 8.28. The Morgan fingerprint density at radius 1 is 1.11 bits per heavy atom. The van der Waals surface area contributed by atoms with Crippen LogP contribution in [0.1, 0.15) is 38.7 Å². The molecule has 1 N–H and O–H groups in total. The number of rotatable bonds is 13. The minimum atomic E-state index is -3.90. The van der Waals surface area contributed by atoms with E-state index in [0.29, 0.717) is 23.7 Å². The van der Waals surface area contributed by atoms with Crippen LogP contribution in [0.5, 0.6) is 5.75 Å². The zero-order valence-corrected chi connectivity index (χ0v) is 23.3. The van der Waals surface area contributed by atoms with Gasteiger partial charge in [-0.1, -0.05) is 55.6 Å². The molecular formula is C25H33Cl2N3O5S. The van der Waals surface area contributed by atoms with E-state index in [1.165, 1.54) is 30.2 Å². The molecule has 2 rings (SSSR count). The number of nitrogens with zero attached hydrogens (tertiary/aromatic N) is 2. The number of carbonyl (C=O) groups excluding carboxylic acids is 2. The Morgan fingerprint density at radius 2 is 1.83 bits per heavy atom. The maximum atomic E-state index is 13.7. The van der Waals surface area contributed by atoms with Crippen LogP contribution in [0.2, 0.25) is 10.0 Å². The number of anilines is 1. The molecule has 0 radical (unpaired) electrons. The van der Waals surface area contributed by atoms with E-state index in [-0.39, 0.29) is 23.2 Å². The standard InChI is InChI=1S/C25H33Cl2N3O5S/c1-5-7-13-28-25(32)22(6-2)29(16-18-9-8-10-20(14-18)35-3)24(31)17-30(36(4,33)34)23-12-11-19(26)15-21(23)27/h8-12,14-15,22H,5-7,13,16-17H2,1-4H3,(H,28,32)/t22-/m0/s1. The van der Waals surface area contributed by atoms with Gasteiger partial charge < -0.3 is 15.0 Å². The SMILES string of the molecule is CCCCNC(=O)[C@H](CC)N(Cc1cccc(OC)c1)C(=O)CN(c1ccc(Cl)cc1Cl)S(C)(=O)=O. The van der Waals surface area contributed by atoms with Crippen LogP contribution < -0.4 is 14.4 Å². The van der Waals surface area contributed by atoms with Crippen molar-refractivity contribution in [3.8, 4) is 5.75 Å². The van der Waals surface area contributed by atoms with E-state index in [4.69, 9.17) is 27.9 Å². The van der Waals surface area contributed by atoms with Gasteiger partial charge in [0, 0.05) is 18.1 Å². The highest BCUT2D eigenvalue weighted by Gasteiger charge is 2.32. The van der Waals surface area contributed by atoms with Gasteiger partial charge in [0.2, 0.25) is 21.8 Å². The maximum Gasteiger partial charge on any atom is 0.244 e. The molecule has 11 heteroatoms. The van der Waals surface area contributed by atoms with Crippen LogP contribution in [0, 0.1) is 0 Å². The smallest absolute Gasteiger partial charge is 0.244 e. The quantitative estimate of drug-likeness (QED) is 0.366. The highest BCUT2D eigenvalue weighted by molar-refractivity contribution is 7.92. The van der Waals surface area contributed by atoms with Gasteiger partial charge in [-0.05, 0) is 48.7 Å². The zero-order chi connectivity index (χ0) is 26.9. The number of benzene rings is 2. The predicted molar refractivity (Wildman–Crippen MR) is 144 cm³/mol. The molecule has 2 aromatic carbocycles. The number of hydrogen-bond donors (Lipinski definition) is 1. The van der Waals surface area contributed by atoms with Crippen molar-refractivity contribution < 1.29 is 22.7 Å². The average molecular weight is 559 g/mol. The summed E-state index contributed by atoms with van der Waals surface area (Å²) in [6, 6.07) is 10.7. The molecule has 0 bridgehead atoms. The van der Waals surface area contributed by atoms with Crippen molar-refractivity contribution in [1.29, 1.82) is 0 Å². The summed E-state index contributed by atoms with van der Waals surface area (Å²) in [5.41, 5.74) is 0.858. The van der Waals surface area contributed by atoms with Crippen molar-refractivity contribution in [2.24, 2.45) is 0 Å². The topological polar surface area (TPSA) is 96.0 Å². The Labute approximate surface area is 223 Å². The average Bonchev–Trinajstić information content (AvgIpc) is 2.82. The second kappa shape index (κ2) is 13.7. The molecule has 0 aliphatic heterocycles. The zero-order valence-electron chi connectivity index (χ0n) is 21.0. The van der Waals surface area contributed by atoms with Crippen molar-refractivity contribution in [3.05, 3.63) is 58.1 Å². The highest BCUT2D eigenvalue weighted by Crippen LogP contribution is 2.30. The molecule has 8 nitrogen and oxygen atoms in total. The fourth-order valence-electron chi connectivity index (χ4n) is 3.67. The Bertz CT molecular complexity index is 1160. The first kappa shape index (κ1) is 29.7. The number of ether oxygens (including phenoxy) is 1. The van der Waals surface area contributed by atoms with E-state index in [9.17, 15) is 18.0 Å². The van der Waals surface area contributed by atoms with Crippen molar-refractivity contribution in [2.45, 2.75) is 45.7 Å². The molecule has 0 aromatic heterocycles. The summed E-state index contributed by atoms with van der Waals surface area (Å²) in [5.74, 6) is -0.240. The predicted octanol–water partition coefficient (Wildman–Crippen LogP) is 4.49. The molecule has 0 saturated heterocycles. The molecule has 36 heavy (non-hydrogen) atoms. The molecule has 0 aliphatic rings. The number of amides is 2. The van der Waals surface area contributed by atoms with Gasteiger partial charge in [-0.15, -0.1) is 0 Å². The first-order valence-corrected chi connectivity index (χ1v) is 14.2. The van der Waals surface area contributed by atoms with Crippen molar-refractivity contribution >= 4 is 50.7 Å². The van der Waals surface area contributed by atoms with Crippen LogP contribution in [0.3, 0.4) is 0 Å². The number of sulfonamides is 1. The van der Waals surface area contributed by atoms with E-state index >= 15 is 0 Å². The monoisotopic (exact) mass is 557 g/mol. The van der Waals surface area contributed by atoms with Gasteiger partial charge in [-0.25, -0.2) is 8.42 Å². The molecule has 1 atom stereocenters. The summed E-state index contributed by atoms with van der Waals surface area (Å²) < 4.78 is 31.6. The molecule has 0 heterocycles. The number of carbonyl (C=O) groups is 2. The fraction of sp³-hybridized carbons (Fsp3) is 0.440. The molecule has 0 fully saturated rings. The molecule has 0 aliphatic carbocycles. The van der Waals surface area contributed by atoms with Crippen LogP contribution in [-0.2, 0) is 26.2 Å². The van der Waals surface area contributed by atoms with Crippen molar-refractivity contribution in [1.82, 2.24) is 10.2 Å². The van der Waals surface area contributed by atoms with E-state index in [0.717, 1.165) is 29.0 Å². The normalized spacial score (nSPS) is 12.1. The first-order valence-electron chi connectivity index (χ1n) is 11.6. The molecular weight excluding hydrogens is 525 g/mol. The molecule has 0 unspecified atom stereocenters. The largest absolute Gasteiger partial charge is 0.497 e. The lowest BCUT2D eigenvalue weighted by atomic mass is 10.1. The molecule has 2 amide bonds. The van der Waals surface area contributed by atoms with Gasteiger partial charge in [-0.2, -0.15) is 0 Å². The summed E-state index contributed by atoms with van der Waals surface area (Å²) >= 11 is 12.2. The van der Waals surface area contributed by atoms with Gasteiger partial charge in [-0.3, -0.25) is 13.9 Å². The minimum absolute atomic E-state index is 0.0850. The molecule has 0 saturated carbocycles. The van der Waals surface area contributed by atoms with Gasteiger partial charge in [0.05, 0.1) is 24.1 Å². The summed E-state index contributed by atoms with van der Waals surface area (Å²) in [4.78, 5) is 28.1. The van der Waals surface area contributed by atoms with E-state index in [1.807, 2.05) is 13.0 Å². The van der Waals surface area contributed by atoms with Gasteiger partial charge in [0.25, 0.3) is 0 Å². The lowest BCUT2D eigenvalue weighted by molar-refractivity contribution is -0.140. The van der Waals surface area contributed by atoms with Crippen LogP contribution in [0.25, 0.3) is 0 Å². The van der Waals surface area contributed by atoms with Crippen molar-refractivity contribution in [2.75, 3.05) is 30.8 Å². The molecule has 198 valence electrons. The van der Waals surface area contributed by atoms with Crippen LogP contribution in [-0.4, -0.2) is 57.6 Å². The Kier molecular flexibility index (Phi) is 11.3. The van der Waals surface area contributed by atoms with Crippen LogP contribution in [0.15, 0.2) is 42.5 Å². The second-order valence-electron chi connectivity index (χ2n) is 8.31. The Balaban J connectivity index is 2.45. The van der Waals surface area contributed by atoms with Crippen LogP contribution in [0.4, 0.5) is 5.69 Å². The number of unbranched alkanes of at least 4 members (excludes halogenated alkanes) is 1. The minimum Gasteiger partial charge on any atom is -0.497 e. The number of halogens is 2. The summed E-state index contributed by atoms with van der Waals surface area (Å²) in [6.07, 6.45) is 3.05. The van der Waals surface area contributed by atoms with Gasteiger partial charge in [0.1, 0.15) is 18.3 Å². The molecule has 2 aromatic rings. The van der Waals surface area contributed by atoms with Gasteiger partial charge >= 0.3 is 0 Å². The third-order valence-electron chi connectivity index (χ3n) is 5.56. The number of methoxy groups -OCH3 is 1. The summed E-state index contributed by atoms with van der Waals surface area (Å²) in [7, 11) is -2.36. The first-order chi connectivity index (χ1) is 17.0. The van der Waals surface area contributed by atoms with E-state index in [2.05, 4.69) is 5.32 Å². The van der Waals surface area contributed by atoms with Gasteiger partial charge in [0.15, 0.2) is 0 Å². The third-order valence-corrected chi connectivity index (χ3v) is 7.22. The highest BCUT2D eigenvalue weighted by atomic mass is 35.5. The van der Waals surface area contributed by atoms with Crippen LogP contribution >= 0.6 is 23.2 Å². The lowest BCUT2D eigenvalue weighted by Crippen LogP contribution is -2.52. The number of hydrogen-bond acceptors (Lipinski definition) is 5. The Hall–Kier alpha value is -2.49. The van der Waals surface area contributed by atoms with Crippen molar-refractivity contribution in [3.63, 3.8) is 0 Å².